The van der Waals surface area contributed by atoms with Crippen LogP contribution in [0.1, 0.15) is 0 Å². The molecule has 10 heteroatoms. The van der Waals surface area contributed by atoms with Crippen LogP contribution < -0.4 is 39.7 Å². The van der Waals surface area contributed by atoms with Crippen LogP contribution in [0.4, 0.5) is 5.13 Å². The van der Waals surface area contributed by atoms with Gasteiger partial charge in [-0.3, -0.25) is 4.79 Å². The number of methoxy groups -OCH3 is 1. The third-order valence-electron chi connectivity index (χ3n) is 1.91. The molecule has 1 aliphatic rings. The van der Waals surface area contributed by atoms with E-state index in [1.807, 2.05) is 6.26 Å². The zero-order valence-electron chi connectivity index (χ0n) is 9.91. The average Bonchev–Trinajstić information content (AvgIpc) is 2.92. The number of carbonyl (C=O) groups is 1. The number of anilines is 1. The summed E-state index contributed by atoms with van der Waals surface area (Å²) in [6.07, 6.45) is 2.27. The van der Waals surface area contributed by atoms with E-state index >= 15 is 0 Å². The smallest absolute Gasteiger partial charge is 0.877 e. The summed E-state index contributed by atoms with van der Waals surface area (Å²) >= 11 is 2.63. The van der Waals surface area contributed by atoms with E-state index in [0.29, 0.717) is 15.7 Å². The largest absolute Gasteiger partial charge is 1.00 e. The van der Waals surface area contributed by atoms with Crippen molar-refractivity contribution in [3.8, 4) is 0 Å². The van der Waals surface area contributed by atoms with E-state index in [-0.39, 0.29) is 41.0 Å². The second-order valence-corrected chi connectivity index (χ2v) is 4.82. The molecule has 2 heterocycles. The van der Waals surface area contributed by atoms with Gasteiger partial charge in [-0.05, 0) is 6.26 Å². The van der Waals surface area contributed by atoms with Gasteiger partial charge in [0.15, 0.2) is 4.34 Å². The van der Waals surface area contributed by atoms with Crippen LogP contribution in [0.5, 0.6) is 0 Å². The summed E-state index contributed by atoms with van der Waals surface area (Å²) in [5, 5.41) is 23.6. The number of hydrogen-bond acceptors (Lipinski definition) is 8. The number of carbonyl (C=O) groups excluding carboxylic acids is 1. The van der Waals surface area contributed by atoms with Crippen LogP contribution >= 0.6 is 23.1 Å². The maximum absolute atomic E-state index is 11.8. The van der Waals surface area contributed by atoms with E-state index in [4.69, 9.17) is 4.74 Å². The van der Waals surface area contributed by atoms with E-state index in [9.17, 15) is 9.90 Å². The summed E-state index contributed by atoms with van der Waals surface area (Å²) in [4.78, 5) is 11.8. The third kappa shape index (κ3) is 2.69. The maximum Gasteiger partial charge on any atom is 1.00 e. The standard InChI is InChI=1S/C8H8N4O3S2.Na/c1-15-5-4(3-13)6(14)12(11-5)7-9-10-8(16-2)17-7;/h3,13H,1-2H3;/q;+1/p-1/b4-3-;. The molecule has 1 aliphatic heterocycles. The van der Waals surface area contributed by atoms with E-state index < -0.39 is 5.91 Å². The van der Waals surface area contributed by atoms with Gasteiger partial charge in [0.25, 0.3) is 5.91 Å². The normalized spacial score (nSPS) is 16.8. The number of aromatic nitrogens is 2. The summed E-state index contributed by atoms with van der Waals surface area (Å²) in [5.74, 6) is -0.563. The van der Waals surface area contributed by atoms with Crippen molar-refractivity contribution in [3.63, 3.8) is 0 Å². The molecule has 0 saturated carbocycles. The molecule has 0 saturated heterocycles. The summed E-state index contributed by atoms with van der Waals surface area (Å²) in [5.41, 5.74) is -0.117. The second-order valence-electron chi connectivity index (χ2n) is 2.81. The van der Waals surface area contributed by atoms with Crippen molar-refractivity contribution < 1.29 is 44.2 Å². The number of ether oxygens (including phenoxy) is 1. The first kappa shape index (κ1) is 15.4. The molecule has 90 valence electrons. The monoisotopic (exact) mass is 294 g/mol. The predicted molar refractivity (Wildman–Crippen MR) is 61.7 cm³/mol. The molecule has 2 rings (SSSR count). The Hall–Kier alpha value is -0.610. The van der Waals surface area contributed by atoms with Gasteiger partial charge in [0.05, 0.1) is 12.7 Å². The van der Waals surface area contributed by atoms with Crippen LogP contribution in [0.3, 0.4) is 0 Å². The number of rotatable bonds is 2. The molecule has 0 bridgehead atoms. The molecule has 0 aliphatic carbocycles. The molecule has 0 fully saturated rings. The minimum absolute atomic E-state index is 0. The quantitative estimate of drug-likeness (QED) is 0.188. The van der Waals surface area contributed by atoms with Gasteiger partial charge in [0, 0.05) is 0 Å². The van der Waals surface area contributed by atoms with Gasteiger partial charge in [0.2, 0.25) is 11.0 Å². The molecule has 0 spiro atoms. The van der Waals surface area contributed by atoms with Crippen LogP contribution in [-0.2, 0) is 9.53 Å². The Bertz CT molecular complexity index is 516. The number of amides is 1. The molecule has 0 atom stereocenters. The molecule has 0 radical (unpaired) electrons. The number of thioether (sulfide) groups is 1. The Kier molecular flexibility index (Phi) is 5.60. The molecule has 1 amide bonds. The topological polar surface area (TPSA) is 90.7 Å². The van der Waals surface area contributed by atoms with Crippen molar-refractivity contribution in [2.24, 2.45) is 5.10 Å². The van der Waals surface area contributed by atoms with Gasteiger partial charge < -0.3 is 9.84 Å². The molecule has 0 N–H and O–H groups in total. The van der Waals surface area contributed by atoms with Crippen LogP contribution in [0.15, 0.2) is 21.3 Å². The van der Waals surface area contributed by atoms with Crippen LogP contribution in [0.25, 0.3) is 0 Å². The van der Waals surface area contributed by atoms with Crippen molar-refractivity contribution in [2.75, 3.05) is 18.4 Å². The van der Waals surface area contributed by atoms with Crippen molar-refractivity contribution in [3.05, 3.63) is 11.8 Å². The molecule has 0 unspecified atom stereocenters. The molecule has 18 heavy (non-hydrogen) atoms. The Morgan fingerprint density at radius 2 is 2.22 bits per heavy atom. The fourth-order valence-electron chi connectivity index (χ4n) is 1.15. The molecule has 7 nitrogen and oxygen atoms in total. The Balaban J connectivity index is 0.00000162. The summed E-state index contributed by atoms with van der Waals surface area (Å²) in [6, 6.07) is 0. The first-order chi connectivity index (χ1) is 8.21. The zero-order valence-corrected chi connectivity index (χ0v) is 13.5. The maximum atomic E-state index is 11.8. The van der Waals surface area contributed by atoms with Gasteiger partial charge in [-0.25, -0.2) is 0 Å². The molecular weight excluding hydrogens is 287 g/mol. The van der Waals surface area contributed by atoms with E-state index in [2.05, 4.69) is 15.3 Å². The Morgan fingerprint density at radius 3 is 2.67 bits per heavy atom. The van der Waals surface area contributed by atoms with Gasteiger partial charge in [-0.15, -0.1) is 21.6 Å². The average molecular weight is 294 g/mol. The summed E-state index contributed by atoms with van der Waals surface area (Å²) in [6.45, 7) is 0. The second kappa shape index (κ2) is 6.53. The van der Waals surface area contributed by atoms with Crippen molar-refractivity contribution in [1.29, 1.82) is 0 Å². The Labute approximate surface area is 133 Å². The molecule has 0 aromatic carbocycles. The van der Waals surface area contributed by atoms with Crippen LogP contribution in [0.2, 0.25) is 0 Å². The van der Waals surface area contributed by atoms with E-state index in [0.717, 1.165) is 5.01 Å². The minimum atomic E-state index is -0.555. The summed E-state index contributed by atoms with van der Waals surface area (Å²) < 4.78 is 5.55. The van der Waals surface area contributed by atoms with Crippen molar-refractivity contribution >= 4 is 40.0 Å². The van der Waals surface area contributed by atoms with Crippen LogP contribution in [0, 0.1) is 0 Å². The zero-order chi connectivity index (χ0) is 12.4. The number of nitrogens with zero attached hydrogens (tertiary/aromatic N) is 4. The first-order valence-electron chi connectivity index (χ1n) is 4.38. The predicted octanol–water partition coefficient (Wildman–Crippen LogP) is -3.19. The van der Waals surface area contributed by atoms with E-state index in [1.54, 1.807) is 0 Å². The van der Waals surface area contributed by atoms with Gasteiger partial charge >= 0.3 is 29.6 Å². The van der Waals surface area contributed by atoms with Crippen molar-refractivity contribution in [1.82, 2.24) is 10.2 Å². The minimum Gasteiger partial charge on any atom is -0.877 e. The molecule has 1 aromatic heterocycles. The molecular formula is C8H7N4NaO3S2. The fraction of sp³-hybridized carbons (Fsp3) is 0.250. The fourth-order valence-corrected chi connectivity index (χ4v) is 2.36. The van der Waals surface area contributed by atoms with Gasteiger partial charge in [-0.2, -0.15) is 5.01 Å². The number of hydrazone groups is 1. The third-order valence-corrected chi connectivity index (χ3v) is 3.78. The number of hydrogen-bond donors (Lipinski definition) is 0. The summed E-state index contributed by atoms with van der Waals surface area (Å²) in [7, 11) is 1.34. The first-order valence-corrected chi connectivity index (χ1v) is 6.42. The van der Waals surface area contributed by atoms with Gasteiger partial charge in [0.1, 0.15) is 0 Å². The van der Waals surface area contributed by atoms with Gasteiger partial charge in [-0.1, -0.05) is 23.1 Å². The van der Waals surface area contributed by atoms with E-state index in [1.165, 1.54) is 30.2 Å². The SMILES string of the molecule is COC1=NN(c2nnc(SC)s2)C(=O)/C1=C\[O-].[Na+]. The molecule has 1 aromatic rings. The van der Waals surface area contributed by atoms with Crippen molar-refractivity contribution in [2.45, 2.75) is 4.34 Å². The Morgan fingerprint density at radius 1 is 1.50 bits per heavy atom. The van der Waals surface area contributed by atoms with Crippen LogP contribution in [-0.4, -0.2) is 35.4 Å².